The van der Waals surface area contributed by atoms with Crippen LogP contribution in [0.1, 0.15) is 20.3 Å². The number of carbonyl (C=O) groups is 1. The van der Waals surface area contributed by atoms with Gasteiger partial charge in [0.15, 0.2) is 0 Å². The second kappa shape index (κ2) is 6.06. The number of para-hydroxylation sites is 1. The molecule has 3 nitrogen and oxygen atoms in total. The molecule has 1 aromatic carbocycles. The fourth-order valence-electron chi connectivity index (χ4n) is 1.43. The van der Waals surface area contributed by atoms with Crippen molar-refractivity contribution in [2.45, 2.75) is 20.3 Å². The second-order valence-corrected chi connectivity index (χ2v) is 3.32. The maximum Gasteiger partial charge on any atom is 0.321 e. The molecule has 0 aliphatic heterocycles. The summed E-state index contributed by atoms with van der Waals surface area (Å²) in [6.45, 7) is 5.39. The van der Waals surface area contributed by atoms with Crippen LogP contribution in [-0.2, 0) is 0 Å². The third-order valence-corrected chi connectivity index (χ3v) is 2.09. The van der Waals surface area contributed by atoms with E-state index in [-0.39, 0.29) is 6.03 Å². The van der Waals surface area contributed by atoms with Gasteiger partial charge >= 0.3 is 6.03 Å². The Morgan fingerprint density at radius 3 is 2.47 bits per heavy atom. The number of urea groups is 1. The summed E-state index contributed by atoms with van der Waals surface area (Å²) in [5.74, 6) is 0. The normalized spacial score (nSPS) is 9.73. The van der Waals surface area contributed by atoms with Crippen LogP contribution in [0, 0.1) is 0 Å². The van der Waals surface area contributed by atoms with Crippen LogP contribution in [0.5, 0.6) is 0 Å². The van der Waals surface area contributed by atoms with Crippen molar-refractivity contribution in [3.63, 3.8) is 0 Å². The third kappa shape index (κ3) is 3.27. The number of hydrogen-bond donors (Lipinski definition) is 1. The highest BCUT2D eigenvalue weighted by Gasteiger charge is 2.12. The van der Waals surface area contributed by atoms with Crippen LogP contribution in [0.4, 0.5) is 10.5 Å². The average Bonchev–Trinajstić information content (AvgIpc) is 2.27. The first-order chi connectivity index (χ1) is 7.29. The summed E-state index contributed by atoms with van der Waals surface area (Å²) in [7, 11) is 0. The van der Waals surface area contributed by atoms with E-state index < -0.39 is 0 Å². The number of anilines is 1. The zero-order valence-electron chi connectivity index (χ0n) is 9.36. The second-order valence-electron chi connectivity index (χ2n) is 3.32. The smallest absolute Gasteiger partial charge is 0.321 e. The van der Waals surface area contributed by atoms with Gasteiger partial charge in [-0.05, 0) is 25.5 Å². The minimum atomic E-state index is -0.0226. The molecule has 1 aromatic rings. The van der Waals surface area contributed by atoms with E-state index in [1.165, 1.54) is 0 Å². The minimum absolute atomic E-state index is 0.0226. The molecule has 0 spiro atoms. The van der Waals surface area contributed by atoms with E-state index in [0.717, 1.165) is 18.7 Å². The number of rotatable bonds is 4. The molecule has 82 valence electrons. The maximum absolute atomic E-state index is 11.7. The summed E-state index contributed by atoms with van der Waals surface area (Å²) in [4.78, 5) is 13.5. The summed E-state index contributed by atoms with van der Waals surface area (Å²) in [5, 5.41) is 2.82. The van der Waals surface area contributed by atoms with Gasteiger partial charge < -0.3 is 5.32 Å². The van der Waals surface area contributed by atoms with Gasteiger partial charge in [-0.3, -0.25) is 4.90 Å². The van der Waals surface area contributed by atoms with Crippen molar-refractivity contribution < 1.29 is 4.79 Å². The lowest BCUT2D eigenvalue weighted by Gasteiger charge is -2.22. The van der Waals surface area contributed by atoms with Gasteiger partial charge in [-0.25, -0.2) is 4.79 Å². The zero-order valence-corrected chi connectivity index (χ0v) is 9.36. The van der Waals surface area contributed by atoms with Crippen LogP contribution >= 0.6 is 0 Å². The molecule has 0 saturated heterocycles. The highest BCUT2D eigenvalue weighted by molar-refractivity contribution is 5.91. The predicted molar refractivity (Wildman–Crippen MR) is 63.2 cm³/mol. The van der Waals surface area contributed by atoms with E-state index in [2.05, 4.69) is 12.2 Å². The number of hydrogen-bond acceptors (Lipinski definition) is 1. The standard InChI is InChI=1S/C12H18N2O/c1-3-10-14(12(15)13-4-2)11-8-6-5-7-9-11/h5-9H,3-4,10H2,1-2H3,(H,13,15). The van der Waals surface area contributed by atoms with E-state index in [4.69, 9.17) is 0 Å². The largest absolute Gasteiger partial charge is 0.338 e. The van der Waals surface area contributed by atoms with Gasteiger partial charge in [0.2, 0.25) is 0 Å². The molecule has 2 amide bonds. The minimum Gasteiger partial charge on any atom is -0.338 e. The molecule has 1 N–H and O–H groups in total. The molecule has 0 unspecified atom stereocenters. The van der Waals surface area contributed by atoms with Crippen molar-refractivity contribution in [2.24, 2.45) is 0 Å². The number of carbonyl (C=O) groups excluding carboxylic acids is 1. The first kappa shape index (κ1) is 11.6. The fraction of sp³-hybridized carbons (Fsp3) is 0.417. The molecule has 0 radical (unpaired) electrons. The number of nitrogens with one attached hydrogen (secondary N) is 1. The Morgan fingerprint density at radius 2 is 1.93 bits per heavy atom. The Kier molecular flexibility index (Phi) is 4.68. The van der Waals surface area contributed by atoms with Crippen LogP contribution in [-0.4, -0.2) is 19.1 Å². The van der Waals surface area contributed by atoms with Gasteiger partial charge in [0, 0.05) is 18.8 Å². The molecule has 0 saturated carbocycles. The lowest BCUT2D eigenvalue weighted by Crippen LogP contribution is -2.40. The van der Waals surface area contributed by atoms with Crippen molar-refractivity contribution in [1.82, 2.24) is 5.32 Å². The lowest BCUT2D eigenvalue weighted by atomic mass is 10.3. The number of benzene rings is 1. The topological polar surface area (TPSA) is 32.3 Å². The first-order valence-electron chi connectivity index (χ1n) is 5.40. The monoisotopic (exact) mass is 206 g/mol. The summed E-state index contributed by atoms with van der Waals surface area (Å²) in [6, 6.07) is 9.71. The van der Waals surface area contributed by atoms with E-state index in [9.17, 15) is 4.79 Å². The molecule has 3 heteroatoms. The molecular formula is C12H18N2O. The average molecular weight is 206 g/mol. The maximum atomic E-state index is 11.7. The van der Waals surface area contributed by atoms with Gasteiger partial charge in [-0.2, -0.15) is 0 Å². The molecule has 0 aromatic heterocycles. The van der Waals surface area contributed by atoms with Crippen LogP contribution in [0.2, 0.25) is 0 Å². The van der Waals surface area contributed by atoms with Gasteiger partial charge in [-0.15, -0.1) is 0 Å². The van der Waals surface area contributed by atoms with E-state index in [0.29, 0.717) is 6.54 Å². The van der Waals surface area contributed by atoms with Crippen LogP contribution in [0.15, 0.2) is 30.3 Å². The van der Waals surface area contributed by atoms with E-state index in [1.54, 1.807) is 4.90 Å². The summed E-state index contributed by atoms with van der Waals surface area (Å²) in [5.41, 5.74) is 0.949. The van der Waals surface area contributed by atoms with Gasteiger partial charge in [0.25, 0.3) is 0 Å². The van der Waals surface area contributed by atoms with Crippen LogP contribution < -0.4 is 10.2 Å². The highest BCUT2D eigenvalue weighted by atomic mass is 16.2. The van der Waals surface area contributed by atoms with Crippen molar-refractivity contribution in [3.8, 4) is 0 Å². The Bertz CT molecular complexity index is 298. The van der Waals surface area contributed by atoms with Gasteiger partial charge in [0.05, 0.1) is 0 Å². The molecule has 0 aliphatic carbocycles. The Morgan fingerprint density at radius 1 is 1.27 bits per heavy atom. The summed E-state index contributed by atoms with van der Waals surface area (Å²) >= 11 is 0. The Balaban J connectivity index is 2.78. The highest BCUT2D eigenvalue weighted by Crippen LogP contribution is 2.13. The predicted octanol–water partition coefficient (Wildman–Crippen LogP) is 2.63. The molecule has 0 atom stereocenters. The zero-order chi connectivity index (χ0) is 11.1. The van der Waals surface area contributed by atoms with E-state index >= 15 is 0 Å². The fourth-order valence-corrected chi connectivity index (χ4v) is 1.43. The van der Waals surface area contributed by atoms with Crippen LogP contribution in [0.25, 0.3) is 0 Å². The van der Waals surface area contributed by atoms with Gasteiger partial charge in [-0.1, -0.05) is 25.1 Å². The van der Waals surface area contributed by atoms with E-state index in [1.807, 2.05) is 37.3 Å². The molecular weight excluding hydrogens is 188 g/mol. The Hall–Kier alpha value is -1.51. The third-order valence-electron chi connectivity index (χ3n) is 2.09. The summed E-state index contributed by atoms with van der Waals surface area (Å²) in [6.07, 6.45) is 0.950. The van der Waals surface area contributed by atoms with Gasteiger partial charge in [0.1, 0.15) is 0 Å². The van der Waals surface area contributed by atoms with Crippen molar-refractivity contribution in [3.05, 3.63) is 30.3 Å². The Labute approximate surface area is 91.1 Å². The molecule has 0 heterocycles. The number of amides is 2. The quantitative estimate of drug-likeness (QED) is 0.807. The van der Waals surface area contributed by atoms with Crippen molar-refractivity contribution in [1.29, 1.82) is 0 Å². The molecule has 0 aliphatic rings. The van der Waals surface area contributed by atoms with Crippen molar-refractivity contribution >= 4 is 11.7 Å². The van der Waals surface area contributed by atoms with Crippen LogP contribution in [0.3, 0.4) is 0 Å². The summed E-state index contributed by atoms with van der Waals surface area (Å²) < 4.78 is 0. The molecule has 1 rings (SSSR count). The first-order valence-corrected chi connectivity index (χ1v) is 5.40. The molecule has 15 heavy (non-hydrogen) atoms. The van der Waals surface area contributed by atoms with Crippen molar-refractivity contribution in [2.75, 3.05) is 18.0 Å². The SMILES string of the molecule is CCCN(C(=O)NCC)c1ccccc1. The molecule has 0 fully saturated rings. The number of nitrogens with zero attached hydrogens (tertiary/aromatic N) is 1. The lowest BCUT2D eigenvalue weighted by molar-refractivity contribution is 0.247. The molecule has 0 bridgehead atoms.